The van der Waals surface area contributed by atoms with Crippen molar-refractivity contribution >= 4 is 19.6 Å². The molecule has 5 aromatic rings. The highest BCUT2D eigenvalue weighted by molar-refractivity contribution is 7.44. The Morgan fingerprint density at radius 2 is 1.38 bits per heavy atom. The van der Waals surface area contributed by atoms with Gasteiger partial charge in [-0.1, -0.05) is 54.6 Å². The number of aromatic nitrogens is 3. The summed E-state index contributed by atoms with van der Waals surface area (Å²) in [5, 5.41) is 9.18. The molecule has 0 fully saturated rings. The second-order valence-corrected chi connectivity index (χ2v) is 14.4. The van der Waals surface area contributed by atoms with Crippen LogP contribution in [-0.4, -0.2) is 65.8 Å². The first-order chi connectivity index (χ1) is 25.7. The van der Waals surface area contributed by atoms with Gasteiger partial charge in [0.2, 0.25) is 0 Å². The molecule has 280 valence electrons. The normalized spacial score (nSPS) is 12.5. The molecule has 1 atom stereocenters. The number of methoxy groups -OCH3 is 3. The van der Waals surface area contributed by atoms with Crippen LogP contribution in [0.5, 0.6) is 11.5 Å². The lowest BCUT2D eigenvalue weighted by molar-refractivity contribution is -0.00454. The fourth-order valence-corrected chi connectivity index (χ4v) is 8.06. The summed E-state index contributed by atoms with van der Waals surface area (Å²) in [6.45, 7) is 10.1. The van der Waals surface area contributed by atoms with E-state index in [4.69, 9.17) is 33.0 Å². The van der Waals surface area contributed by atoms with Gasteiger partial charge in [0.25, 0.3) is 8.53 Å². The quantitative estimate of drug-likeness (QED) is 0.0438. The van der Waals surface area contributed by atoms with Gasteiger partial charge in [-0.15, -0.1) is 0 Å². The van der Waals surface area contributed by atoms with Crippen molar-refractivity contribution in [3.8, 4) is 17.6 Å². The topological polar surface area (TPSA) is 113 Å². The number of hydrogen-bond donors (Lipinski definition) is 0. The second kappa shape index (κ2) is 19.1. The van der Waals surface area contributed by atoms with Crippen molar-refractivity contribution in [2.45, 2.75) is 71.6 Å². The molecule has 5 rings (SSSR count). The minimum Gasteiger partial charge on any atom is -0.497 e. The van der Waals surface area contributed by atoms with E-state index in [1.807, 2.05) is 72.8 Å². The number of pyridine rings is 1. The van der Waals surface area contributed by atoms with E-state index in [0.29, 0.717) is 38.6 Å². The molecular formula is C41H50N5O6P. The first kappa shape index (κ1) is 39.8. The minimum atomic E-state index is -1.42. The Balaban J connectivity index is 1.57. The highest BCUT2D eigenvalue weighted by atomic mass is 31.2. The average Bonchev–Trinajstić information content (AvgIpc) is 3.52. The Morgan fingerprint density at radius 3 is 1.92 bits per heavy atom. The number of hydrogen-bond acceptors (Lipinski definition) is 10. The summed E-state index contributed by atoms with van der Waals surface area (Å²) in [5.41, 5.74) is 4.19. The number of imidazole rings is 1. The molecule has 53 heavy (non-hydrogen) atoms. The Labute approximate surface area is 314 Å². The van der Waals surface area contributed by atoms with Crippen LogP contribution >= 0.6 is 8.53 Å². The van der Waals surface area contributed by atoms with E-state index in [1.54, 1.807) is 27.5 Å². The van der Waals surface area contributed by atoms with Gasteiger partial charge in [-0.05, 0) is 74.7 Å². The number of fused-ring (bicyclic) bond motifs is 1. The summed E-state index contributed by atoms with van der Waals surface area (Å²) >= 11 is 0. The van der Waals surface area contributed by atoms with Crippen molar-refractivity contribution in [2.75, 3.05) is 34.5 Å². The summed E-state index contributed by atoms with van der Waals surface area (Å²) in [6, 6.07) is 30.7. The van der Waals surface area contributed by atoms with Gasteiger partial charge in [-0.3, -0.25) is 4.98 Å². The van der Waals surface area contributed by atoms with E-state index in [1.165, 1.54) is 0 Å². The third kappa shape index (κ3) is 9.40. The molecule has 0 aliphatic carbocycles. The van der Waals surface area contributed by atoms with Crippen LogP contribution in [0.25, 0.3) is 11.0 Å². The van der Waals surface area contributed by atoms with Crippen molar-refractivity contribution in [2.24, 2.45) is 0 Å². The van der Waals surface area contributed by atoms with Gasteiger partial charge in [0.15, 0.2) is 0 Å². The third-order valence-corrected chi connectivity index (χ3v) is 10.9. The summed E-state index contributed by atoms with van der Waals surface area (Å²) < 4.78 is 40.8. The predicted molar refractivity (Wildman–Crippen MR) is 207 cm³/mol. The molecule has 0 aliphatic heterocycles. The molecule has 0 saturated heterocycles. The molecule has 0 saturated carbocycles. The molecule has 12 heteroatoms. The smallest absolute Gasteiger partial charge is 0.259 e. The number of nitriles is 1. The average molecular weight is 740 g/mol. The molecule has 2 heterocycles. The molecule has 0 radical (unpaired) electrons. The van der Waals surface area contributed by atoms with Gasteiger partial charge in [-0.2, -0.15) is 5.26 Å². The van der Waals surface area contributed by atoms with Crippen molar-refractivity contribution < 1.29 is 28.0 Å². The summed E-state index contributed by atoms with van der Waals surface area (Å²) in [6.07, 6.45) is 2.07. The van der Waals surface area contributed by atoms with Gasteiger partial charge in [0.05, 0.1) is 63.9 Å². The van der Waals surface area contributed by atoms with E-state index in [2.05, 4.69) is 60.1 Å². The van der Waals surface area contributed by atoms with Crippen molar-refractivity contribution in [1.29, 1.82) is 5.26 Å². The Morgan fingerprint density at radius 1 is 0.792 bits per heavy atom. The van der Waals surface area contributed by atoms with Gasteiger partial charge >= 0.3 is 0 Å². The van der Waals surface area contributed by atoms with E-state index < -0.39 is 14.1 Å². The van der Waals surface area contributed by atoms with E-state index in [9.17, 15) is 5.26 Å². The lowest BCUT2D eigenvalue weighted by Crippen LogP contribution is -2.34. The molecule has 1 unspecified atom stereocenters. The molecule has 0 bridgehead atoms. The largest absolute Gasteiger partial charge is 0.497 e. The van der Waals surface area contributed by atoms with Crippen molar-refractivity contribution in [1.82, 2.24) is 19.2 Å². The van der Waals surface area contributed by atoms with Gasteiger partial charge in [-0.25, -0.2) is 9.65 Å². The maximum absolute atomic E-state index is 9.18. The SMILES string of the molecule is COCc1cc2c(cn1)nc(COC(c1ccccc1)(c1ccc(OC)cc1)c1ccc(OC)cc1)n2CCOP(OCCC#N)N(C(C)C)C(C)C. The number of ether oxygens (including phenoxy) is 4. The number of nitrogens with zero attached hydrogens (tertiary/aromatic N) is 5. The monoisotopic (exact) mass is 739 g/mol. The predicted octanol–water partition coefficient (Wildman–Crippen LogP) is 8.40. The highest BCUT2D eigenvalue weighted by Gasteiger charge is 2.38. The molecule has 0 N–H and O–H groups in total. The van der Waals surface area contributed by atoms with E-state index in [0.717, 1.165) is 44.9 Å². The molecule has 11 nitrogen and oxygen atoms in total. The molecule has 0 spiro atoms. The minimum absolute atomic E-state index is 0.152. The maximum Gasteiger partial charge on any atom is 0.259 e. The van der Waals surface area contributed by atoms with Crippen LogP contribution in [0.4, 0.5) is 0 Å². The molecule has 3 aromatic carbocycles. The Hall–Kier alpha value is -4.40. The fourth-order valence-electron chi connectivity index (χ4n) is 6.48. The molecular weight excluding hydrogens is 689 g/mol. The zero-order chi connectivity index (χ0) is 37.8. The van der Waals surface area contributed by atoms with Crippen LogP contribution in [0, 0.1) is 11.3 Å². The van der Waals surface area contributed by atoms with Crippen LogP contribution in [0.15, 0.2) is 91.1 Å². The summed E-state index contributed by atoms with van der Waals surface area (Å²) in [4.78, 5) is 9.67. The summed E-state index contributed by atoms with van der Waals surface area (Å²) in [7, 11) is 3.55. The van der Waals surface area contributed by atoms with Crippen LogP contribution < -0.4 is 9.47 Å². The van der Waals surface area contributed by atoms with Crippen LogP contribution in [0.1, 0.15) is 62.3 Å². The van der Waals surface area contributed by atoms with Crippen LogP contribution in [0.2, 0.25) is 0 Å². The van der Waals surface area contributed by atoms with Gasteiger partial charge < -0.3 is 32.6 Å². The molecule has 0 amide bonds. The van der Waals surface area contributed by atoms with E-state index in [-0.39, 0.29) is 18.7 Å². The zero-order valence-corrected chi connectivity index (χ0v) is 32.6. The molecule has 2 aromatic heterocycles. The number of rotatable bonds is 20. The lowest BCUT2D eigenvalue weighted by Gasteiger charge is -2.36. The summed E-state index contributed by atoms with van der Waals surface area (Å²) in [5.74, 6) is 2.20. The standard InChI is InChI=1S/C41H50N5O6P/c1-30(2)46(31(3)4)53(51-24-11-22-42)52-25-23-45-39-26-35(28-47-5)43-27-38(39)44-40(45)29-50-41(32-12-9-8-10-13-32,33-14-18-36(48-6)19-15-33)34-16-20-37(49-7)21-17-34/h8-10,12-21,26-27,30-31H,11,23-25,28-29H2,1-7H3. The Bertz CT molecular complexity index is 1860. The zero-order valence-electron chi connectivity index (χ0n) is 31.7. The van der Waals surface area contributed by atoms with Crippen molar-refractivity contribution in [3.63, 3.8) is 0 Å². The first-order valence-corrected chi connectivity index (χ1v) is 18.9. The Kier molecular flexibility index (Phi) is 14.3. The van der Waals surface area contributed by atoms with Gasteiger partial charge in [0.1, 0.15) is 35.0 Å². The van der Waals surface area contributed by atoms with Crippen LogP contribution in [-0.2, 0) is 43.9 Å². The lowest BCUT2D eigenvalue weighted by atomic mass is 9.80. The van der Waals surface area contributed by atoms with Crippen LogP contribution in [0.3, 0.4) is 0 Å². The maximum atomic E-state index is 9.18. The van der Waals surface area contributed by atoms with Gasteiger partial charge in [0, 0.05) is 25.7 Å². The first-order valence-electron chi connectivity index (χ1n) is 17.8. The van der Waals surface area contributed by atoms with E-state index >= 15 is 0 Å². The second-order valence-electron chi connectivity index (χ2n) is 12.9. The third-order valence-electron chi connectivity index (χ3n) is 8.83. The molecule has 0 aliphatic rings. The fraction of sp³-hybridized carbons (Fsp3) is 0.390. The van der Waals surface area contributed by atoms with Crippen molar-refractivity contribution in [3.05, 3.63) is 119 Å². The highest BCUT2D eigenvalue weighted by Crippen LogP contribution is 2.46. The number of benzene rings is 3.